The third-order valence-corrected chi connectivity index (χ3v) is 4.78. The number of amides is 2. The fourth-order valence-corrected chi connectivity index (χ4v) is 3.19. The van der Waals surface area contributed by atoms with Crippen LogP contribution < -0.4 is 10.6 Å². The lowest BCUT2D eigenvalue weighted by atomic mass is 10.2. The van der Waals surface area contributed by atoms with Crippen LogP contribution in [0.2, 0.25) is 0 Å². The molecular weight excluding hydrogens is 334 g/mol. The van der Waals surface area contributed by atoms with E-state index in [2.05, 4.69) is 39.6 Å². The van der Waals surface area contributed by atoms with E-state index in [0.717, 1.165) is 18.7 Å². The van der Waals surface area contributed by atoms with Crippen LogP contribution in [0.15, 0.2) is 36.5 Å². The van der Waals surface area contributed by atoms with Crippen molar-refractivity contribution in [3.63, 3.8) is 0 Å². The van der Waals surface area contributed by atoms with Crippen LogP contribution in [0.4, 0.5) is 0 Å². The zero-order valence-electron chi connectivity index (χ0n) is 15.0. The quantitative estimate of drug-likeness (QED) is 0.640. The number of hydrogen-bond donors (Lipinski definition) is 2. The molecule has 0 aliphatic heterocycles. The summed E-state index contributed by atoms with van der Waals surface area (Å²) >= 11 is 1.68. The van der Waals surface area contributed by atoms with E-state index in [4.69, 9.17) is 0 Å². The summed E-state index contributed by atoms with van der Waals surface area (Å²) in [5, 5.41) is 6.99. The maximum absolute atomic E-state index is 12.3. The SMILES string of the molecule is CCC(=O)NC(CCSC)C(=O)NCCCn1ccc2ccccc21. The summed E-state index contributed by atoms with van der Waals surface area (Å²) < 4.78 is 2.20. The van der Waals surface area contributed by atoms with E-state index >= 15 is 0 Å². The van der Waals surface area contributed by atoms with Gasteiger partial charge in [-0.1, -0.05) is 25.1 Å². The Morgan fingerprint density at radius 3 is 2.80 bits per heavy atom. The number of nitrogens with one attached hydrogen (secondary N) is 2. The highest BCUT2D eigenvalue weighted by Gasteiger charge is 2.19. The van der Waals surface area contributed by atoms with Crippen LogP contribution in [0, 0.1) is 0 Å². The predicted octanol–water partition coefficient (Wildman–Crippen LogP) is 2.80. The second-order valence-corrected chi connectivity index (χ2v) is 6.95. The standard InChI is InChI=1S/C19H27N3O2S/c1-3-18(23)21-16(10-14-25-2)19(24)20-11-6-12-22-13-9-15-7-4-5-8-17(15)22/h4-5,7-9,13,16H,3,6,10-12,14H2,1-2H3,(H,20,24)(H,21,23). The van der Waals surface area contributed by atoms with Gasteiger partial charge in [0.15, 0.2) is 0 Å². The Morgan fingerprint density at radius 2 is 2.04 bits per heavy atom. The molecule has 1 aromatic carbocycles. The number of rotatable bonds is 10. The minimum Gasteiger partial charge on any atom is -0.354 e. The fourth-order valence-electron chi connectivity index (χ4n) is 2.72. The average molecular weight is 362 g/mol. The largest absolute Gasteiger partial charge is 0.354 e. The first-order valence-electron chi connectivity index (χ1n) is 8.75. The molecule has 0 aliphatic carbocycles. The van der Waals surface area contributed by atoms with E-state index in [1.165, 1.54) is 10.9 Å². The van der Waals surface area contributed by atoms with Gasteiger partial charge in [-0.3, -0.25) is 9.59 Å². The molecule has 0 bridgehead atoms. The summed E-state index contributed by atoms with van der Waals surface area (Å²) in [6, 6.07) is 9.94. The predicted molar refractivity (Wildman–Crippen MR) is 105 cm³/mol. The molecule has 0 spiro atoms. The van der Waals surface area contributed by atoms with Gasteiger partial charge in [-0.05, 0) is 42.4 Å². The van der Waals surface area contributed by atoms with Crippen molar-refractivity contribution in [1.82, 2.24) is 15.2 Å². The molecule has 2 N–H and O–H groups in total. The lowest BCUT2D eigenvalue weighted by Gasteiger charge is -2.18. The minimum atomic E-state index is -0.438. The van der Waals surface area contributed by atoms with Crippen molar-refractivity contribution in [3.05, 3.63) is 36.5 Å². The second kappa shape index (κ2) is 10.1. The Morgan fingerprint density at radius 1 is 1.24 bits per heavy atom. The Labute approximate surface area is 153 Å². The third kappa shape index (κ3) is 5.81. The van der Waals surface area contributed by atoms with Gasteiger partial charge in [-0.15, -0.1) is 0 Å². The number of carbonyl (C=O) groups is 2. The van der Waals surface area contributed by atoms with E-state index in [-0.39, 0.29) is 11.8 Å². The highest BCUT2D eigenvalue weighted by molar-refractivity contribution is 7.98. The summed E-state index contributed by atoms with van der Waals surface area (Å²) in [4.78, 5) is 23.9. The van der Waals surface area contributed by atoms with Gasteiger partial charge >= 0.3 is 0 Å². The molecule has 1 aromatic heterocycles. The molecule has 136 valence electrons. The summed E-state index contributed by atoms with van der Waals surface area (Å²) in [6.07, 6.45) is 5.97. The zero-order chi connectivity index (χ0) is 18.1. The molecule has 1 unspecified atom stereocenters. The minimum absolute atomic E-state index is 0.0833. The van der Waals surface area contributed by atoms with Gasteiger partial charge in [0.25, 0.3) is 0 Å². The molecule has 0 radical (unpaired) electrons. The van der Waals surface area contributed by atoms with Crippen LogP contribution in [0.5, 0.6) is 0 Å². The molecule has 6 heteroatoms. The molecule has 0 saturated carbocycles. The van der Waals surface area contributed by atoms with Gasteiger partial charge in [0, 0.05) is 31.2 Å². The lowest BCUT2D eigenvalue weighted by molar-refractivity contribution is -0.128. The average Bonchev–Trinajstić information content (AvgIpc) is 3.05. The normalized spacial score (nSPS) is 12.1. The van der Waals surface area contributed by atoms with Gasteiger partial charge < -0.3 is 15.2 Å². The number of hydrogen-bond acceptors (Lipinski definition) is 3. The first-order valence-corrected chi connectivity index (χ1v) is 10.1. The van der Waals surface area contributed by atoms with Gasteiger partial charge in [-0.2, -0.15) is 11.8 Å². The van der Waals surface area contributed by atoms with Gasteiger partial charge in [0.1, 0.15) is 6.04 Å². The number of carbonyl (C=O) groups excluding carboxylic acids is 2. The van der Waals surface area contributed by atoms with E-state index < -0.39 is 6.04 Å². The van der Waals surface area contributed by atoms with E-state index in [1.807, 2.05) is 18.4 Å². The first kappa shape index (κ1) is 19.4. The number of thioether (sulfide) groups is 1. The Bertz CT molecular complexity index is 699. The van der Waals surface area contributed by atoms with E-state index in [0.29, 0.717) is 19.4 Å². The van der Waals surface area contributed by atoms with Crippen molar-refractivity contribution in [1.29, 1.82) is 0 Å². The maximum atomic E-state index is 12.3. The van der Waals surface area contributed by atoms with Crippen molar-refractivity contribution in [2.45, 2.75) is 38.8 Å². The lowest BCUT2D eigenvalue weighted by Crippen LogP contribution is -2.47. The number of nitrogens with zero attached hydrogens (tertiary/aromatic N) is 1. The third-order valence-electron chi connectivity index (χ3n) is 4.14. The van der Waals surface area contributed by atoms with E-state index in [1.54, 1.807) is 18.7 Å². The summed E-state index contributed by atoms with van der Waals surface area (Å²) in [6.45, 7) is 3.24. The zero-order valence-corrected chi connectivity index (χ0v) is 15.8. The van der Waals surface area contributed by atoms with Crippen LogP contribution in [0.1, 0.15) is 26.2 Å². The maximum Gasteiger partial charge on any atom is 0.242 e. The second-order valence-electron chi connectivity index (χ2n) is 5.97. The molecular formula is C19H27N3O2S. The molecule has 0 aliphatic rings. The molecule has 0 fully saturated rings. The molecule has 5 nitrogen and oxygen atoms in total. The molecule has 2 amide bonds. The van der Waals surface area contributed by atoms with Crippen molar-refractivity contribution in [3.8, 4) is 0 Å². The highest BCUT2D eigenvalue weighted by Crippen LogP contribution is 2.15. The van der Waals surface area contributed by atoms with Crippen molar-refractivity contribution < 1.29 is 9.59 Å². The van der Waals surface area contributed by atoms with Gasteiger partial charge in [0.05, 0.1) is 0 Å². The monoisotopic (exact) mass is 361 g/mol. The summed E-state index contributed by atoms with van der Waals surface area (Å²) in [7, 11) is 0. The molecule has 2 aromatic rings. The molecule has 1 atom stereocenters. The summed E-state index contributed by atoms with van der Waals surface area (Å²) in [5.41, 5.74) is 1.21. The number of aryl methyl sites for hydroxylation is 1. The summed E-state index contributed by atoms with van der Waals surface area (Å²) in [5.74, 6) is 0.672. The van der Waals surface area contributed by atoms with Crippen molar-refractivity contribution in [2.24, 2.45) is 0 Å². The molecule has 1 heterocycles. The highest BCUT2D eigenvalue weighted by atomic mass is 32.2. The molecule has 2 rings (SSSR count). The van der Waals surface area contributed by atoms with Crippen LogP contribution in [0.25, 0.3) is 10.9 Å². The van der Waals surface area contributed by atoms with E-state index in [9.17, 15) is 9.59 Å². The Hall–Kier alpha value is -1.95. The Kier molecular flexibility index (Phi) is 7.85. The number of fused-ring (bicyclic) bond motifs is 1. The number of benzene rings is 1. The topological polar surface area (TPSA) is 63.1 Å². The number of aromatic nitrogens is 1. The van der Waals surface area contributed by atoms with Crippen molar-refractivity contribution >= 4 is 34.5 Å². The van der Waals surface area contributed by atoms with Crippen LogP contribution in [-0.2, 0) is 16.1 Å². The van der Waals surface area contributed by atoms with Gasteiger partial charge in [-0.25, -0.2) is 0 Å². The smallest absolute Gasteiger partial charge is 0.242 e. The fraction of sp³-hybridized carbons (Fsp3) is 0.474. The van der Waals surface area contributed by atoms with Crippen LogP contribution in [-0.4, -0.2) is 41.0 Å². The molecule has 25 heavy (non-hydrogen) atoms. The van der Waals surface area contributed by atoms with Crippen molar-refractivity contribution in [2.75, 3.05) is 18.6 Å². The number of para-hydroxylation sites is 1. The Balaban J connectivity index is 1.80. The first-order chi connectivity index (χ1) is 12.2. The van der Waals surface area contributed by atoms with Crippen LogP contribution in [0.3, 0.4) is 0 Å². The van der Waals surface area contributed by atoms with Crippen LogP contribution >= 0.6 is 11.8 Å². The van der Waals surface area contributed by atoms with Gasteiger partial charge in [0.2, 0.25) is 11.8 Å². The molecule has 0 saturated heterocycles.